The maximum Gasteiger partial charge on any atom is 0.323 e. The highest BCUT2D eigenvalue weighted by atomic mass is 19.1. The summed E-state index contributed by atoms with van der Waals surface area (Å²) in [6.45, 7) is 0. The molecule has 20 heavy (non-hydrogen) atoms. The van der Waals surface area contributed by atoms with Gasteiger partial charge in [-0.1, -0.05) is 12.1 Å². The fourth-order valence-corrected chi connectivity index (χ4v) is 1.56. The van der Waals surface area contributed by atoms with E-state index >= 15 is 0 Å². The Labute approximate surface area is 113 Å². The van der Waals surface area contributed by atoms with Crippen LogP contribution < -0.4 is 10.6 Å². The Morgan fingerprint density at radius 3 is 2.35 bits per heavy atom. The topological polar surface area (TPSA) is 64.9 Å². The van der Waals surface area contributed by atoms with Crippen LogP contribution in [0.1, 0.15) is 5.56 Å². The summed E-state index contributed by atoms with van der Waals surface area (Å²) in [6.07, 6.45) is 0. The Kier molecular flexibility index (Phi) is 3.91. The van der Waals surface area contributed by atoms with Crippen LogP contribution >= 0.6 is 0 Å². The first-order valence-corrected chi connectivity index (χ1v) is 5.62. The minimum Gasteiger partial charge on any atom is -0.308 e. The second-order valence-electron chi connectivity index (χ2n) is 3.87. The van der Waals surface area contributed by atoms with Gasteiger partial charge in [0.05, 0.1) is 11.6 Å². The number of halogens is 2. The third kappa shape index (κ3) is 3.09. The van der Waals surface area contributed by atoms with Crippen LogP contribution in [0.4, 0.5) is 25.0 Å². The van der Waals surface area contributed by atoms with Crippen LogP contribution in [-0.4, -0.2) is 6.03 Å². The number of carbonyl (C=O) groups excluding carboxylic acids is 1. The number of rotatable bonds is 2. The van der Waals surface area contributed by atoms with Crippen molar-refractivity contribution in [2.45, 2.75) is 0 Å². The van der Waals surface area contributed by atoms with Gasteiger partial charge in [0, 0.05) is 5.69 Å². The monoisotopic (exact) mass is 273 g/mol. The zero-order chi connectivity index (χ0) is 14.5. The van der Waals surface area contributed by atoms with Crippen LogP contribution in [0.15, 0.2) is 42.5 Å². The maximum atomic E-state index is 13.3. The van der Waals surface area contributed by atoms with Crippen LogP contribution in [0.25, 0.3) is 0 Å². The summed E-state index contributed by atoms with van der Waals surface area (Å²) in [7, 11) is 0. The molecule has 0 aromatic heterocycles. The Morgan fingerprint density at radius 2 is 1.70 bits per heavy atom. The van der Waals surface area contributed by atoms with E-state index in [4.69, 9.17) is 5.26 Å². The molecule has 0 saturated heterocycles. The van der Waals surface area contributed by atoms with Gasteiger partial charge in [0.25, 0.3) is 0 Å². The van der Waals surface area contributed by atoms with Crippen molar-refractivity contribution in [1.82, 2.24) is 0 Å². The molecule has 0 heterocycles. The molecule has 0 unspecified atom stereocenters. The number of amides is 2. The van der Waals surface area contributed by atoms with Crippen molar-refractivity contribution in [2.75, 3.05) is 10.6 Å². The molecule has 0 bridgehead atoms. The summed E-state index contributed by atoms with van der Waals surface area (Å²) in [5.74, 6) is -1.74. The molecule has 0 spiro atoms. The molecule has 0 aliphatic rings. The van der Waals surface area contributed by atoms with E-state index < -0.39 is 23.4 Å². The van der Waals surface area contributed by atoms with Crippen molar-refractivity contribution in [3.8, 4) is 6.07 Å². The van der Waals surface area contributed by atoms with E-state index in [0.29, 0.717) is 11.3 Å². The first kappa shape index (κ1) is 13.5. The average Bonchev–Trinajstić information content (AvgIpc) is 2.43. The van der Waals surface area contributed by atoms with E-state index in [1.54, 1.807) is 18.2 Å². The van der Waals surface area contributed by atoms with Gasteiger partial charge in [-0.2, -0.15) is 5.26 Å². The first-order chi connectivity index (χ1) is 9.60. The van der Waals surface area contributed by atoms with E-state index in [-0.39, 0.29) is 0 Å². The molecule has 2 aromatic rings. The summed E-state index contributed by atoms with van der Waals surface area (Å²) < 4.78 is 26.7. The number of nitrogens with one attached hydrogen (secondary N) is 2. The van der Waals surface area contributed by atoms with E-state index in [0.717, 1.165) is 12.1 Å². The van der Waals surface area contributed by atoms with Gasteiger partial charge in [-0.3, -0.25) is 0 Å². The number of nitrogens with zero attached hydrogens (tertiary/aromatic N) is 1. The average molecular weight is 273 g/mol. The molecule has 2 amide bonds. The van der Waals surface area contributed by atoms with Crippen molar-refractivity contribution in [1.29, 1.82) is 5.26 Å². The van der Waals surface area contributed by atoms with E-state index in [2.05, 4.69) is 10.6 Å². The zero-order valence-corrected chi connectivity index (χ0v) is 10.2. The lowest BCUT2D eigenvalue weighted by molar-refractivity contribution is 0.262. The van der Waals surface area contributed by atoms with E-state index in [1.807, 2.05) is 6.07 Å². The summed E-state index contributed by atoms with van der Waals surface area (Å²) in [5.41, 5.74) is 0.180. The van der Waals surface area contributed by atoms with Crippen molar-refractivity contribution in [3.63, 3.8) is 0 Å². The van der Waals surface area contributed by atoms with Crippen LogP contribution in [0.5, 0.6) is 0 Å². The molecule has 0 aliphatic heterocycles. The summed E-state index contributed by atoms with van der Waals surface area (Å²) >= 11 is 0. The van der Waals surface area contributed by atoms with Gasteiger partial charge in [-0.15, -0.1) is 0 Å². The van der Waals surface area contributed by atoms with Crippen molar-refractivity contribution < 1.29 is 13.6 Å². The molecular weight excluding hydrogens is 264 g/mol. The lowest BCUT2D eigenvalue weighted by Gasteiger charge is -2.09. The third-order valence-electron chi connectivity index (χ3n) is 2.45. The number of carbonyl (C=O) groups is 1. The SMILES string of the molecule is N#Cc1cccc(NC(=O)Nc2c(F)cccc2F)c1. The minimum atomic E-state index is -0.870. The fraction of sp³-hybridized carbons (Fsp3) is 0. The molecule has 2 rings (SSSR count). The van der Waals surface area contributed by atoms with Gasteiger partial charge in [0.2, 0.25) is 0 Å². The molecule has 6 heteroatoms. The van der Waals surface area contributed by atoms with Gasteiger partial charge in [0.1, 0.15) is 17.3 Å². The zero-order valence-electron chi connectivity index (χ0n) is 10.2. The lowest BCUT2D eigenvalue weighted by Crippen LogP contribution is -2.21. The normalized spacial score (nSPS) is 9.65. The Balaban J connectivity index is 2.11. The molecular formula is C14H9F2N3O. The smallest absolute Gasteiger partial charge is 0.308 e. The van der Waals surface area contributed by atoms with Gasteiger partial charge in [-0.25, -0.2) is 13.6 Å². The number of benzene rings is 2. The van der Waals surface area contributed by atoms with Crippen molar-refractivity contribution in [3.05, 3.63) is 59.7 Å². The van der Waals surface area contributed by atoms with Crippen molar-refractivity contribution >= 4 is 17.4 Å². The Morgan fingerprint density at radius 1 is 1.05 bits per heavy atom. The van der Waals surface area contributed by atoms with E-state index in [9.17, 15) is 13.6 Å². The summed E-state index contributed by atoms with van der Waals surface area (Å²) in [5, 5.41) is 13.2. The standard InChI is InChI=1S/C14H9F2N3O/c15-11-5-2-6-12(16)13(11)19-14(20)18-10-4-1-3-9(7-10)8-17/h1-7H,(H2,18,19,20). The highest BCUT2D eigenvalue weighted by Crippen LogP contribution is 2.18. The van der Waals surface area contributed by atoms with Crippen LogP contribution in [0.2, 0.25) is 0 Å². The number of para-hydroxylation sites is 1. The fourth-order valence-electron chi connectivity index (χ4n) is 1.56. The van der Waals surface area contributed by atoms with Gasteiger partial charge in [-0.05, 0) is 30.3 Å². The molecule has 4 nitrogen and oxygen atoms in total. The van der Waals surface area contributed by atoms with Gasteiger partial charge < -0.3 is 10.6 Å². The van der Waals surface area contributed by atoms with Crippen LogP contribution in [0.3, 0.4) is 0 Å². The number of nitriles is 1. The third-order valence-corrected chi connectivity index (χ3v) is 2.45. The van der Waals surface area contributed by atoms with Gasteiger partial charge in [0.15, 0.2) is 0 Å². The number of anilines is 2. The minimum absolute atomic E-state index is 0.346. The molecule has 0 radical (unpaired) electrons. The number of hydrogen-bond donors (Lipinski definition) is 2. The molecule has 2 aromatic carbocycles. The molecule has 0 atom stereocenters. The molecule has 0 saturated carbocycles. The van der Waals surface area contributed by atoms with Crippen LogP contribution in [-0.2, 0) is 0 Å². The van der Waals surface area contributed by atoms with Gasteiger partial charge >= 0.3 is 6.03 Å². The molecule has 0 fully saturated rings. The highest BCUT2D eigenvalue weighted by Gasteiger charge is 2.11. The Hall–Kier alpha value is -2.94. The quantitative estimate of drug-likeness (QED) is 0.879. The first-order valence-electron chi connectivity index (χ1n) is 5.62. The lowest BCUT2D eigenvalue weighted by atomic mass is 10.2. The predicted molar refractivity (Wildman–Crippen MR) is 70.2 cm³/mol. The molecule has 2 N–H and O–H groups in total. The second kappa shape index (κ2) is 5.80. The number of hydrogen-bond acceptors (Lipinski definition) is 2. The van der Waals surface area contributed by atoms with Crippen LogP contribution in [0, 0.1) is 23.0 Å². The highest BCUT2D eigenvalue weighted by molar-refractivity contribution is 5.99. The van der Waals surface area contributed by atoms with E-state index in [1.165, 1.54) is 12.1 Å². The largest absolute Gasteiger partial charge is 0.323 e. The summed E-state index contributed by atoms with van der Waals surface area (Å²) in [4.78, 5) is 11.6. The maximum absolute atomic E-state index is 13.3. The summed E-state index contributed by atoms with van der Waals surface area (Å²) in [6, 6.07) is 10.5. The second-order valence-corrected chi connectivity index (χ2v) is 3.87. The van der Waals surface area contributed by atoms with Crippen molar-refractivity contribution in [2.24, 2.45) is 0 Å². The Bertz CT molecular complexity index is 675. The predicted octanol–water partition coefficient (Wildman–Crippen LogP) is 3.48. The number of urea groups is 1. The molecule has 0 aliphatic carbocycles. The molecule has 100 valence electrons.